The summed E-state index contributed by atoms with van der Waals surface area (Å²) >= 11 is 0. The Morgan fingerprint density at radius 3 is 2.55 bits per heavy atom. The van der Waals surface area contributed by atoms with Crippen molar-refractivity contribution in [3.63, 3.8) is 0 Å². The highest BCUT2D eigenvalue weighted by Crippen LogP contribution is 2.22. The zero-order chi connectivity index (χ0) is 14.7. The molecule has 0 saturated carbocycles. The second kappa shape index (κ2) is 6.37. The first-order valence-electron chi connectivity index (χ1n) is 7.23. The average molecular weight is 275 g/mol. The van der Waals surface area contributed by atoms with Gasteiger partial charge in [0.1, 0.15) is 0 Å². The van der Waals surface area contributed by atoms with Crippen LogP contribution in [0.4, 0.5) is 0 Å². The second-order valence-corrected chi connectivity index (χ2v) is 6.03. The Hall–Kier alpha value is -1.39. The first-order chi connectivity index (χ1) is 9.49. The Kier molecular flexibility index (Phi) is 4.78. The van der Waals surface area contributed by atoms with Crippen molar-refractivity contribution in [1.29, 1.82) is 0 Å². The minimum atomic E-state index is -0.211. The molecule has 2 rings (SSSR count). The van der Waals surface area contributed by atoms with Gasteiger partial charge in [0.05, 0.1) is 0 Å². The van der Waals surface area contributed by atoms with Gasteiger partial charge < -0.3 is 15.5 Å². The van der Waals surface area contributed by atoms with Crippen molar-refractivity contribution in [1.82, 2.24) is 9.80 Å². The van der Waals surface area contributed by atoms with Gasteiger partial charge in [-0.3, -0.25) is 4.79 Å². The fourth-order valence-corrected chi connectivity index (χ4v) is 2.96. The number of likely N-dealkylation sites (tertiary alicyclic amines) is 1. The number of likely N-dealkylation sites (N-methyl/N-ethyl adjacent to an activating group) is 1. The van der Waals surface area contributed by atoms with E-state index < -0.39 is 0 Å². The molecule has 1 aliphatic heterocycles. The van der Waals surface area contributed by atoms with Crippen molar-refractivity contribution in [2.24, 2.45) is 11.7 Å². The average Bonchev–Trinajstić information content (AvgIpc) is 2.82. The number of nitrogens with zero attached hydrogens (tertiary/aromatic N) is 2. The van der Waals surface area contributed by atoms with Gasteiger partial charge in [0.2, 0.25) is 5.91 Å². The van der Waals surface area contributed by atoms with E-state index in [9.17, 15) is 4.79 Å². The van der Waals surface area contributed by atoms with Crippen LogP contribution < -0.4 is 5.73 Å². The lowest BCUT2D eigenvalue weighted by molar-refractivity contribution is -0.130. The zero-order valence-corrected chi connectivity index (χ0v) is 12.6. The van der Waals surface area contributed by atoms with Crippen molar-refractivity contribution in [3.05, 3.63) is 35.9 Å². The molecule has 1 fully saturated rings. The maximum absolute atomic E-state index is 12.4. The van der Waals surface area contributed by atoms with E-state index in [0.717, 1.165) is 18.7 Å². The molecule has 1 aromatic rings. The van der Waals surface area contributed by atoms with Gasteiger partial charge in [0.25, 0.3) is 0 Å². The molecule has 4 heteroatoms. The summed E-state index contributed by atoms with van der Waals surface area (Å²) in [6.45, 7) is 3.85. The normalized spacial score (nSPS) is 24.1. The third kappa shape index (κ3) is 3.38. The highest BCUT2D eigenvalue weighted by Gasteiger charge is 2.33. The molecule has 3 unspecified atom stereocenters. The van der Waals surface area contributed by atoms with Gasteiger partial charge in [0, 0.05) is 31.6 Å². The number of benzene rings is 1. The van der Waals surface area contributed by atoms with E-state index in [2.05, 4.69) is 25.9 Å². The van der Waals surface area contributed by atoms with Crippen molar-refractivity contribution < 1.29 is 4.79 Å². The minimum Gasteiger partial charge on any atom is -0.341 e. The number of nitrogens with two attached hydrogens (primary N) is 1. The van der Waals surface area contributed by atoms with Crippen LogP contribution in [0.25, 0.3) is 0 Å². The molecule has 2 N–H and O–H groups in total. The van der Waals surface area contributed by atoms with Crippen molar-refractivity contribution in [2.75, 3.05) is 27.2 Å². The van der Waals surface area contributed by atoms with Crippen molar-refractivity contribution in [3.8, 4) is 0 Å². The third-order valence-electron chi connectivity index (χ3n) is 4.21. The first-order valence-corrected chi connectivity index (χ1v) is 7.23. The molecule has 3 atom stereocenters. The Balaban J connectivity index is 1.93. The van der Waals surface area contributed by atoms with Gasteiger partial charge >= 0.3 is 0 Å². The lowest BCUT2D eigenvalue weighted by Gasteiger charge is -2.23. The topological polar surface area (TPSA) is 49.6 Å². The Morgan fingerprint density at radius 2 is 2.00 bits per heavy atom. The van der Waals surface area contributed by atoms with Gasteiger partial charge in [-0.25, -0.2) is 0 Å². The molecule has 20 heavy (non-hydrogen) atoms. The van der Waals surface area contributed by atoms with Gasteiger partial charge in [0.15, 0.2) is 0 Å². The molecule has 0 aliphatic carbocycles. The van der Waals surface area contributed by atoms with Crippen LogP contribution in [0.15, 0.2) is 30.3 Å². The molecule has 1 saturated heterocycles. The lowest BCUT2D eigenvalue weighted by Crippen LogP contribution is -2.36. The summed E-state index contributed by atoms with van der Waals surface area (Å²) in [4.78, 5) is 16.5. The van der Waals surface area contributed by atoms with Crippen LogP contribution in [0.2, 0.25) is 0 Å². The molecular formula is C16H25N3O. The van der Waals surface area contributed by atoms with Crippen LogP contribution >= 0.6 is 0 Å². The van der Waals surface area contributed by atoms with Crippen LogP contribution in [-0.2, 0) is 4.79 Å². The van der Waals surface area contributed by atoms with Crippen LogP contribution in [-0.4, -0.2) is 48.9 Å². The Labute approximate surface area is 121 Å². The van der Waals surface area contributed by atoms with E-state index in [0.29, 0.717) is 18.4 Å². The Morgan fingerprint density at radius 1 is 1.35 bits per heavy atom. The summed E-state index contributed by atoms with van der Waals surface area (Å²) in [6.07, 6.45) is 0.386. The van der Waals surface area contributed by atoms with E-state index in [1.54, 1.807) is 0 Å². The zero-order valence-electron chi connectivity index (χ0n) is 12.6. The summed E-state index contributed by atoms with van der Waals surface area (Å²) in [5.41, 5.74) is 7.16. The molecular weight excluding hydrogens is 250 g/mol. The highest BCUT2D eigenvalue weighted by atomic mass is 16.2. The van der Waals surface area contributed by atoms with E-state index in [-0.39, 0.29) is 11.9 Å². The number of carbonyl (C=O) groups excluding carboxylic acids is 1. The van der Waals surface area contributed by atoms with Gasteiger partial charge in [-0.05, 0) is 25.6 Å². The second-order valence-electron chi connectivity index (χ2n) is 6.03. The van der Waals surface area contributed by atoms with E-state index in [1.807, 2.05) is 35.2 Å². The summed E-state index contributed by atoms with van der Waals surface area (Å²) in [6, 6.07) is 10.1. The molecule has 0 spiro atoms. The van der Waals surface area contributed by atoms with Gasteiger partial charge in [-0.2, -0.15) is 0 Å². The Bertz CT molecular complexity index is 446. The van der Waals surface area contributed by atoms with Crippen LogP contribution in [0.3, 0.4) is 0 Å². The van der Waals surface area contributed by atoms with Gasteiger partial charge in [-0.1, -0.05) is 37.3 Å². The third-order valence-corrected chi connectivity index (χ3v) is 4.21. The lowest BCUT2D eigenvalue weighted by atomic mass is 10.0. The predicted molar refractivity (Wildman–Crippen MR) is 81.2 cm³/mol. The maximum Gasteiger partial charge on any atom is 0.224 e. The van der Waals surface area contributed by atoms with E-state index >= 15 is 0 Å². The predicted octanol–water partition coefficient (Wildman–Crippen LogP) is 1.49. The molecule has 1 heterocycles. The molecule has 1 aromatic carbocycles. The van der Waals surface area contributed by atoms with Crippen molar-refractivity contribution >= 4 is 5.91 Å². The smallest absolute Gasteiger partial charge is 0.224 e. The van der Waals surface area contributed by atoms with Crippen molar-refractivity contribution in [2.45, 2.75) is 25.4 Å². The molecule has 0 bridgehead atoms. The van der Waals surface area contributed by atoms with Crippen LogP contribution in [0, 0.1) is 5.92 Å². The number of hydrogen-bond acceptors (Lipinski definition) is 3. The molecule has 0 aromatic heterocycles. The largest absolute Gasteiger partial charge is 0.341 e. The van der Waals surface area contributed by atoms with E-state index in [1.165, 1.54) is 0 Å². The number of carbonyl (C=O) groups is 1. The molecule has 0 radical (unpaired) electrons. The van der Waals surface area contributed by atoms with Gasteiger partial charge in [-0.15, -0.1) is 0 Å². The fraction of sp³-hybridized carbons (Fsp3) is 0.562. The molecule has 1 amide bonds. The monoisotopic (exact) mass is 275 g/mol. The first kappa shape index (κ1) is 15.0. The summed E-state index contributed by atoms with van der Waals surface area (Å²) in [7, 11) is 4.15. The quantitative estimate of drug-likeness (QED) is 0.905. The highest BCUT2D eigenvalue weighted by molar-refractivity contribution is 5.77. The summed E-state index contributed by atoms with van der Waals surface area (Å²) < 4.78 is 0. The molecule has 4 nitrogen and oxygen atoms in total. The van der Waals surface area contributed by atoms with Crippen LogP contribution in [0.5, 0.6) is 0 Å². The number of amides is 1. The minimum absolute atomic E-state index is 0.164. The van der Waals surface area contributed by atoms with Crippen LogP contribution in [0.1, 0.15) is 24.9 Å². The standard InChI is InChI=1S/C16H25N3O/c1-12-10-19(11-15(12)18(2)3)16(20)9-14(17)13-7-5-4-6-8-13/h4-8,12,14-15H,9-11,17H2,1-3H3. The molecule has 110 valence electrons. The molecule has 1 aliphatic rings. The maximum atomic E-state index is 12.4. The fourth-order valence-electron chi connectivity index (χ4n) is 2.96. The van der Waals surface area contributed by atoms with E-state index in [4.69, 9.17) is 5.73 Å². The number of rotatable bonds is 4. The summed E-state index contributed by atoms with van der Waals surface area (Å²) in [5.74, 6) is 0.680. The number of hydrogen-bond donors (Lipinski definition) is 1. The SMILES string of the molecule is CC1CN(C(=O)CC(N)c2ccccc2)CC1N(C)C. The summed E-state index contributed by atoms with van der Waals surface area (Å²) in [5, 5.41) is 0.